The highest BCUT2D eigenvalue weighted by molar-refractivity contribution is 5.74. The lowest BCUT2D eigenvalue weighted by atomic mass is 9.83. The summed E-state index contributed by atoms with van der Waals surface area (Å²) >= 11 is 0. The molecule has 2 aliphatic heterocycles. The molecular weight excluding hydrogens is 350 g/mol. The standard InChI is InChI=1S/C23H37N3O2/c1-17(2)22(18-10-12-20(28-4)13-11-18)24-23(27)25(3)16-19-8-7-15-26-14-6-5-9-21(19)26/h10-13,17,19,21-22H,5-9,14-16H2,1-4H3,(H,24,27)/t19-,21+,22?/m0/s1. The molecule has 28 heavy (non-hydrogen) atoms. The summed E-state index contributed by atoms with van der Waals surface area (Å²) in [7, 11) is 3.62. The summed E-state index contributed by atoms with van der Waals surface area (Å²) in [5.41, 5.74) is 1.12. The van der Waals surface area contributed by atoms with E-state index in [4.69, 9.17) is 4.74 Å². The van der Waals surface area contributed by atoms with E-state index in [1.807, 2.05) is 36.2 Å². The summed E-state index contributed by atoms with van der Waals surface area (Å²) in [4.78, 5) is 17.5. The molecule has 3 atom stereocenters. The second-order valence-electron chi connectivity index (χ2n) is 8.83. The minimum atomic E-state index is -0.00149. The van der Waals surface area contributed by atoms with Crippen molar-refractivity contribution in [1.82, 2.24) is 15.1 Å². The molecule has 0 radical (unpaired) electrons. The number of benzene rings is 1. The maximum absolute atomic E-state index is 13.0. The fourth-order valence-corrected chi connectivity index (χ4v) is 4.91. The van der Waals surface area contributed by atoms with Gasteiger partial charge in [-0.15, -0.1) is 0 Å². The van der Waals surface area contributed by atoms with E-state index < -0.39 is 0 Å². The van der Waals surface area contributed by atoms with E-state index in [0.717, 1.165) is 17.9 Å². The summed E-state index contributed by atoms with van der Waals surface area (Å²) in [5.74, 6) is 1.75. The number of carbonyl (C=O) groups is 1. The molecule has 0 bridgehead atoms. The molecule has 2 amide bonds. The summed E-state index contributed by atoms with van der Waals surface area (Å²) in [6, 6.07) is 8.71. The Kier molecular flexibility index (Phi) is 7.22. The average molecular weight is 388 g/mol. The Bertz CT molecular complexity index is 629. The third kappa shape index (κ3) is 4.99. The van der Waals surface area contributed by atoms with Crippen LogP contribution in [0.5, 0.6) is 5.75 Å². The van der Waals surface area contributed by atoms with Crippen LogP contribution in [0.4, 0.5) is 4.79 Å². The first-order chi connectivity index (χ1) is 13.5. The zero-order valence-corrected chi connectivity index (χ0v) is 18.0. The van der Waals surface area contributed by atoms with E-state index in [-0.39, 0.29) is 12.1 Å². The largest absolute Gasteiger partial charge is 0.497 e. The molecule has 0 spiro atoms. The van der Waals surface area contributed by atoms with Gasteiger partial charge >= 0.3 is 6.03 Å². The number of hydrogen-bond donors (Lipinski definition) is 1. The minimum Gasteiger partial charge on any atom is -0.497 e. The normalized spacial score (nSPS) is 23.8. The van der Waals surface area contributed by atoms with Gasteiger partial charge in [0, 0.05) is 19.6 Å². The van der Waals surface area contributed by atoms with Crippen LogP contribution in [-0.4, -0.2) is 55.7 Å². The van der Waals surface area contributed by atoms with E-state index in [2.05, 4.69) is 24.1 Å². The Labute approximate surface area is 170 Å². The minimum absolute atomic E-state index is 0.00149. The quantitative estimate of drug-likeness (QED) is 0.792. The van der Waals surface area contributed by atoms with E-state index in [1.165, 1.54) is 45.2 Å². The van der Waals surface area contributed by atoms with Crippen molar-refractivity contribution in [2.24, 2.45) is 11.8 Å². The highest BCUT2D eigenvalue weighted by atomic mass is 16.5. The van der Waals surface area contributed by atoms with Gasteiger partial charge in [-0.1, -0.05) is 32.4 Å². The Morgan fingerprint density at radius 1 is 1.18 bits per heavy atom. The van der Waals surface area contributed by atoms with Crippen LogP contribution in [0.2, 0.25) is 0 Å². The Balaban J connectivity index is 1.61. The molecular formula is C23H37N3O2. The number of rotatable bonds is 6. The van der Waals surface area contributed by atoms with Crippen molar-refractivity contribution < 1.29 is 9.53 Å². The average Bonchev–Trinajstić information content (AvgIpc) is 2.72. The van der Waals surface area contributed by atoms with Gasteiger partial charge in [0.05, 0.1) is 13.2 Å². The van der Waals surface area contributed by atoms with Gasteiger partial charge in [0.15, 0.2) is 0 Å². The van der Waals surface area contributed by atoms with Crippen molar-refractivity contribution in [1.29, 1.82) is 0 Å². The van der Waals surface area contributed by atoms with Crippen LogP contribution >= 0.6 is 0 Å². The molecule has 1 aromatic rings. The van der Waals surface area contributed by atoms with E-state index >= 15 is 0 Å². The van der Waals surface area contributed by atoms with Crippen LogP contribution in [0.25, 0.3) is 0 Å². The topological polar surface area (TPSA) is 44.8 Å². The van der Waals surface area contributed by atoms with E-state index in [9.17, 15) is 4.79 Å². The van der Waals surface area contributed by atoms with Crippen molar-refractivity contribution in [3.05, 3.63) is 29.8 Å². The number of piperidine rings is 2. The number of nitrogens with zero attached hydrogens (tertiary/aromatic N) is 2. The first kappa shape index (κ1) is 21.0. The molecule has 156 valence electrons. The third-order valence-corrected chi connectivity index (χ3v) is 6.50. The molecule has 5 heteroatoms. The first-order valence-corrected chi connectivity index (χ1v) is 10.9. The zero-order chi connectivity index (χ0) is 20.1. The monoisotopic (exact) mass is 387 g/mol. The van der Waals surface area contributed by atoms with Crippen molar-refractivity contribution in [3.8, 4) is 5.75 Å². The van der Waals surface area contributed by atoms with Gasteiger partial charge in [-0.3, -0.25) is 0 Å². The molecule has 2 fully saturated rings. The van der Waals surface area contributed by atoms with Gasteiger partial charge in [0.1, 0.15) is 5.75 Å². The molecule has 5 nitrogen and oxygen atoms in total. The molecule has 2 heterocycles. The van der Waals surface area contributed by atoms with E-state index in [0.29, 0.717) is 17.9 Å². The number of methoxy groups -OCH3 is 1. The highest BCUT2D eigenvalue weighted by Crippen LogP contribution is 2.31. The Morgan fingerprint density at radius 2 is 1.89 bits per heavy atom. The van der Waals surface area contributed by atoms with Crippen molar-refractivity contribution >= 4 is 6.03 Å². The van der Waals surface area contributed by atoms with Crippen molar-refractivity contribution in [2.45, 2.75) is 58.0 Å². The zero-order valence-electron chi connectivity index (χ0n) is 18.0. The number of nitrogens with one attached hydrogen (secondary N) is 1. The predicted molar refractivity (Wildman–Crippen MR) is 114 cm³/mol. The number of urea groups is 1. The van der Waals surface area contributed by atoms with Gasteiger partial charge in [0.2, 0.25) is 0 Å². The van der Waals surface area contributed by atoms with Crippen molar-refractivity contribution in [3.63, 3.8) is 0 Å². The summed E-state index contributed by atoms with van der Waals surface area (Å²) in [5, 5.41) is 3.26. The molecule has 2 saturated heterocycles. The van der Waals surface area contributed by atoms with Gasteiger partial charge < -0.3 is 19.9 Å². The number of carbonyl (C=O) groups excluding carboxylic acids is 1. The van der Waals surface area contributed by atoms with Crippen LogP contribution in [0, 0.1) is 11.8 Å². The lowest BCUT2D eigenvalue weighted by Crippen LogP contribution is -2.52. The fraction of sp³-hybridized carbons (Fsp3) is 0.696. The van der Waals surface area contributed by atoms with Gasteiger partial charge in [-0.2, -0.15) is 0 Å². The second-order valence-corrected chi connectivity index (χ2v) is 8.83. The van der Waals surface area contributed by atoms with Crippen LogP contribution in [-0.2, 0) is 0 Å². The molecule has 0 saturated carbocycles. The summed E-state index contributed by atoms with van der Waals surface area (Å²) in [6.07, 6.45) is 6.46. The first-order valence-electron chi connectivity index (χ1n) is 10.9. The number of amides is 2. The molecule has 1 aromatic carbocycles. The number of ether oxygens (including phenoxy) is 1. The maximum Gasteiger partial charge on any atom is 0.317 e. The van der Waals surface area contributed by atoms with Crippen LogP contribution in [0.15, 0.2) is 24.3 Å². The molecule has 3 rings (SSSR count). The fourth-order valence-electron chi connectivity index (χ4n) is 4.91. The van der Waals surface area contributed by atoms with Gasteiger partial charge in [-0.05, 0) is 68.3 Å². The Morgan fingerprint density at radius 3 is 2.57 bits per heavy atom. The van der Waals surface area contributed by atoms with E-state index in [1.54, 1.807) is 7.11 Å². The van der Waals surface area contributed by atoms with Gasteiger partial charge in [0.25, 0.3) is 0 Å². The predicted octanol–water partition coefficient (Wildman–Crippen LogP) is 4.30. The smallest absolute Gasteiger partial charge is 0.317 e. The number of fused-ring (bicyclic) bond motifs is 1. The van der Waals surface area contributed by atoms with Gasteiger partial charge in [-0.25, -0.2) is 4.79 Å². The van der Waals surface area contributed by atoms with Crippen LogP contribution in [0.3, 0.4) is 0 Å². The summed E-state index contributed by atoms with van der Waals surface area (Å²) < 4.78 is 5.26. The molecule has 1 unspecified atom stereocenters. The highest BCUT2D eigenvalue weighted by Gasteiger charge is 2.34. The van der Waals surface area contributed by atoms with Crippen LogP contribution < -0.4 is 10.1 Å². The maximum atomic E-state index is 13.0. The van der Waals surface area contributed by atoms with Crippen molar-refractivity contribution in [2.75, 3.05) is 33.8 Å². The molecule has 2 aliphatic rings. The molecule has 0 aromatic heterocycles. The number of hydrogen-bond acceptors (Lipinski definition) is 3. The third-order valence-electron chi connectivity index (χ3n) is 6.50. The second kappa shape index (κ2) is 9.64. The Hall–Kier alpha value is -1.75. The molecule has 1 N–H and O–H groups in total. The molecule has 0 aliphatic carbocycles. The summed E-state index contributed by atoms with van der Waals surface area (Å²) in [6.45, 7) is 7.63. The lowest BCUT2D eigenvalue weighted by molar-refractivity contribution is 0.0484. The van der Waals surface area contributed by atoms with Crippen LogP contribution in [0.1, 0.15) is 57.6 Å². The SMILES string of the molecule is COc1ccc(C(NC(=O)N(C)C[C@@H]2CCCN3CCCC[C@H]23)C(C)C)cc1. The lowest BCUT2D eigenvalue weighted by Gasteiger charge is -2.45.